The van der Waals surface area contributed by atoms with Gasteiger partial charge in [-0.15, -0.1) is 13.2 Å². The van der Waals surface area contributed by atoms with E-state index < -0.39 is 12.4 Å². The fourth-order valence-corrected chi connectivity index (χ4v) is 2.35. The molecule has 118 valence electrons. The second kappa shape index (κ2) is 7.90. The van der Waals surface area contributed by atoms with Crippen molar-refractivity contribution in [1.82, 2.24) is 0 Å². The van der Waals surface area contributed by atoms with Gasteiger partial charge in [0.15, 0.2) is 0 Å². The lowest BCUT2D eigenvalue weighted by Gasteiger charge is -2.14. The number of nitrogens with two attached hydrogens (primary N) is 1. The van der Waals surface area contributed by atoms with E-state index in [-0.39, 0.29) is 16.1 Å². The van der Waals surface area contributed by atoms with E-state index >= 15 is 0 Å². The van der Waals surface area contributed by atoms with Gasteiger partial charge in [0.2, 0.25) is 5.91 Å². The standard InChI is InChI=1S/C12H14BrF3N2O2S/c1-21-5-4-9(17)11(19)18-7-2-3-10(8(13)6-7)20-12(14,15)16/h2-3,6,9H,4-5,17H2,1H3,(H,18,19)/t9-/m0/s1. The molecule has 9 heteroatoms. The Labute approximate surface area is 132 Å². The lowest BCUT2D eigenvalue weighted by Crippen LogP contribution is -2.36. The molecule has 1 aromatic carbocycles. The predicted octanol–water partition coefficient (Wildman–Crippen LogP) is 3.37. The van der Waals surface area contributed by atoms with Crippen LogP contribution in [0.3, 0.4) is 0 Å². The average Bonchev–Trinajstić information content (AvgIpc) is 2.37. The van der Waals surface area contributed by atoms with Crippen molar-refractivity contribution in [3.63, 3.8) is 0 Å². The van der Waals surface area contributed by atoms with Crippen LogP contribution in [0, 0.1) is 0 Å². The maximum Gasteiger partial charge on any atom is 0.573 e. The molecule has 1 atom stereocenters. The topological polar surface area (TPSA) is 64.4 Å². The normalized spacial score (nSPS) is 12.9. The molecule has 0 aliphatic heterocycles. The van der Waals surface area contributed by atoms with E-state index in [1.54, 1.807) is 11.8 Å². The van der Waals surface area contributed by atoms with E-state index in [0.717, 1.165) is 11.8 Å². The van der Waals surface area contributed by atoms with Gasteiger partial charge < -0.3 is 15.8 Å². The minimum absolute atomic E-state index is 0.0790. The van der Waals surface area contributed by atoms with Crippen molar-refractivity contribution in [3.8, 4) is 5.75 Å². The van der Waals surface area contributed by atoms with Gasteiger partial charge in [-0.3, -0.25) is 4.79 Å². The van der Waals surface area contributed by atoms with E-state index in [2.05, 4.69) is 26.0 Å². The van der Waals surface area contributed by atoms with E-state index in [4.69, 9.17) is 5.73 Å². The van der Waals surface area contributed by atoms with Crippen LogP contribution in [0.15, 0.2) is 22.7 Å². The highest BCUT2D eigenvalue weighted by atomic mass is 79.9. The van der Waals surface area contributed by atoms with Crippen molar-refractivity contribution in [2.45, 2.75) is 18.8 Å². The number of ether oxygens (including phenoxy) is 1. The van der Waals surface area contributed by atoms with Crippen LogP contribution in [0.1, 0.15) is 6.42 Å². The molecule has 21 heavy (non-hydrogen) atoms. The van der Waals surface area contributed by atoms with E-state index in [1.807, 2.05) is 6.26 Å². The van der Waals surface area contributed by atoms with Crippen molar-refractivity contribution in [2.24, 2.45) is 5.73 Å². The van der Waals surface area contributed by atoms with E-state index in [0.29, 0.717) is 12.1 Å². The van der Waals surface area contributed by atoms with Gasteiger partial charge in [-0.25, -0.2) is 0 Å². The van der Waals surface area contributed by atoms with Gasteiger partial charge in [-0.1, -0.05) is 0 Å². The number of alkyl halides is 3. The summed E-state index contributed by atoms with van der Waals surface area (Å²) in [5.41, 5.74) is 6.03. The highest BCUT2D eigenvalue weighted by Gasteiger charge is 2.32. The lowest BCUT2D eigenvalue weighted by molar-refractivity contribution is -0.274. The predicted molar refractivity (Wildman–Crippen MR) is 80.4 cm³/mol. The van der Waals surface area contributed by atoms with Gasteiger partial charge in [0.05, 0.1) is 10.5 Å². The summed E-state index contributed by atoms with van der Waals surface area (Å²) >= 11 is 4.53. The van der Waals surface area contributed by atoms with Gasteiger partial charge in [0, 0.05) is 5.69 Å². The molecule has 0 heterocycles. The molecule has 4 nitrogen and oxygen atoms in total. The summed E-state index contributed by atoms with van der Waals surface area (Å²) in [7, 11) is 0. The SMILES string of the molecule is CSCC[C@H](N)C(=O)Nc1ccc(OC(F)(F)F)c(Br)c1. The minimum atomic E-state index is -4.77. The molecule has 0 spiro atoms. The Kier molecular flexibility index (Phi) is 6.82. The minimum Gasteiger partial charge on any atom is -0.405 e. The highest BCUT2D eigenvalue weighted by Crippen LogP contribution is 2.32. The van der Waals surface area contributed by atoms with Crippen molar-refractivity contribution in [2.75, 3.05) is 17.3 Å². The number of halogens is 4. The molecule has 0 bridgehead atoms. The van der Waals surface area contributed by atoms with Crippen LogP contribution in [-0.4, -0.2) is 30.3 Å². The first-order chi connectivity index (χ1) is 9.73. The summed E-state index contributed by atoms with van der Waals surface area (Å²) in [4.78, 5) is 11.8. The summed E-state index contributed by atoms with van der Waals surface area (Å²) in [6.45, 7) is 0. The lowest BCUT2D eigenvalue weighted by atomic mass is 10.2. The smallest absolute Gasteiger partial charge is 0.405 e. The number of rotatable bonds is 6. The Hall–Kier alpha value is -0.930. The number of amides is 1. The number of nitrogens with one attached hydrogen (secondary N) is 1. The van der Waals surface area contributed by atoms with Crippen LogP contribution in [0.4, 0.5) is 18.9 Å². The van der Waals surface area contributed by atoms with Gasteiger partial charge in [-0.05, 0) is 52.6 Å². The van der Waals surface area contributed by atoms with Gasteiger partial charge in [0.25, 0.3) is 0 Å². The Balaban J connectivity index is 2.69. The van der Waals surface area contributed by atoms with Gasteiger partial charge in [0.1, 0.15) is 5.75 Å². The number of benzene rings is 1. The van der Waals surface area contributed by atoms with Crippen molar-refractivity contribution >= 4 is 39.3 Å². The number of carbonyl (C=O) groups is 1. The molecule has 0 aromatic heterocycles. The summed E-state index contributed by atoms with van der Waals surface area (Å²) in [6.07, 6.45) is -2.35. The third-order valence-corrected chi connectivity index (χ3v) is 3.66. The summed E-state index contributed by atoms with van der Waals surface area (Å²) in [5, 5.41) is 2.54. The molecule has 0 saturated heterocycles. The number of thioether (sulfide) groups is 1. The zero-order chi connectivity index (χ0) is 16.0. The van der Waals surface area contributed by atoms with Crippen LogP contribution < -0.4 is 15.8 Å². The maximum atomic E-state index is 12.1. The fraction of sp³-hybridized carbons (Fsp3) is 0.417. The Morgan fingerprint density at radius 1 is 1.52 bits per heavy atom. The number of carbonyl (C=O) groups excluding carboxylic acids is 1. The number of hydrogen-bond acceptors (Lipinski definition) is 4. The fourth-order valence-electron chi connectivity index (χ4n) is 1.40. The Morgan fingerprint density at radius 3 is 2.71 bits per heavy atom. The van der Waals surface area contributed by atoms with Crippen LogP contribution in [0.5, 0.6) is 5.75 Å². The third kappa shape index (κ3) is 6.58. The van der Waals surface area contributed by atoms with Gasteiger partial charge in [-0.2, -0.15) is 11.8 Å². The van der Waals surface area contributed by atoms with Crippen LogP contribution in [0.2, 0.25) is 0 Å². The zero-order valence-corrected chi connectivity index (χ0v) is 13.4. The first kappa shape index (κ1) is 18.1. The van der Waals surface area contributed by atoms with Crippen LogP contribution in [0.25, 0.3) is 0 Å². The summed E-state index contributed by atoms with van der Waals surface area (Å²) in [6, 6.07) is 3.08. The largest absolute Gasteiger partial charge is 0.573 e. The third-order valence-electron chi connectivity index (χ3n) is 2.39. The second-order valence-corrected chi connectivity index (χ2v) is 5.91. The molecule has 0 aliphatic carbocycles. The quantitative estimate of drug-likeness (QED) is 0.786. The first-order valence-corrected chi connectivity index (χ1v) is 8.02. The van der Waals surface area contributed by atoms with Crippen LogP contribution >= 0.6 is 27.7 Å². The molecule has 0 radical (unpaired) electrons. The number of anilines is 1. The molecule has 1 amide bonds. The molecule has 1 aromatic rings. The summed E-state index contributed by atoms with van der Waals surface area (Å²) in [5.74, 6) is -0.0241. The molecule has 0 fully saturated rings. The molecular formula is C12H14BrF3N2O2S. The molecule has 0 unspecified atom stereocenters. The molecule has 3 N–H and O–H groups in total. The average molecular weight is 387 g/mol. The molecule has 1 rings (SSSR count). The van der Waals surface area contributed by atoms with Crippen molar-refractivity contribution < 1.29 is 22.7 Å². The summed E-state index contributed by atoms with van der Waals surface area (Å²) < 4.78 is 40.3. The Bertz CT molecular complexity index is 500. The maximum absolute atomic E-state index is 12.1. The van der Waals surface area contributed by atoms with Gasteiger partial charge >= 0.3 is 6.36 Å². The van der Waals surface area contributed by atoms with Crippen molar-refractivity contribution in [1.29, 1.82) is 0 Å². The van der Waals surface area contributed by atoms with Crippen LogP contribution in [-0.2, 0) is 4.79 Å². The van der Waals surface area contributed by atoms with E-state index in [9.17, 15) is 18.0 Å². The monoisotopic (exact) mass is 386 g/mol. The molecular weight excluding hydrogens is 373 g/mol. The highest BCUT2D eigenvalue weighted by molar-refractivity contribution is 9.10. The second-order valence-electron chi connectivity index (χ2n) is 4.07. The Morgan fingerprint density at radius 2 is 2.19 bits per heavy atom. The van der Waals surface area contributed by atoms with E-state index in [1.165, 1.54) is 12.1 Å². The first-order valence-electron chi connectivity index (χ1n) is 5.83. The number of hydrogen-bond donors (Lipinski definition) is 2. The zero-order valence-electron chi connectivity index (χ0n) is 11.0. The molecule has 0 aliphatic rings. The molecule has 0 saturated carbocycles. The van der Waals surface area contributed by atoms with Crippen molar-refractivity contribution in [3.05, 3.63) is 22.7 Å².